The van der Waals surface area contributed by atoms with E-state index < -0.39 is 0 Å². The number of halogens is 2. The van der Waals surface area contributed by atoms with Crippen LogP contribution < -0.4 is 5.73 Å². The second-order valence-electron chi connectivity index (χ2n) is 6.68. The molecule has 26 heavy (non-hydrogen) atoms. The topological polar surface area (TPSA) is 59.2 Å². The summed E-state index contributed by atoms with van der Waals surface area (Å²) in [5.74, 6) is 0.608. The molecule has 0 radical (unpaired) electrons. The Labute approximate surface area is 168 Å². The van der Waals surface area contributed by atoms with Crippen LogP contribution in [0.15, 0.2) is 42.5 Å². The summed E-state index contributed by atoms with van der Waals surface area (Å²) in [6.45, 7) is 5.53. The number of pyridine rings is 1. The maximum atomic E-state index is 12.8. The van der Waals surface area contributed by atoms with Crippen LogP contribution in [-0.4, -0.2) is 34.9 Å². The van der Waals surface area contributed by atoms with E-state index in [-0.39, 0.29) is 36.8 Å². The van der Waals surface area contributed by atoms with E-state index in [4.69, 9.17) is 5.73 Å². The third-order valence-corrected chi connectivity index (χ3v) is 4.96. The van der Waals surface area contributed by atoms with Crippen LogP contribution in [0.3, 0.4) is 0 Å². The first kappa shape index (κ1) is 22.4. The largest absolute Gasteiger partial charge is 0.339 e. The minimum Gasteiger partial charge on any atom is -0.339 e. The molecule has 2 N–H and O–H groups in total. The van der Waals surface area contributed by atoms with Gasteiger partial charge in [-0.15, -0.1) is 24.8 Å². The zero-order chi connectivity index (χ0) is 17.1. The molecular weight excluding hydrogens is 369 g/mol. The first-order valence-corrected chi connectivity index (χ1v) is 8.64. The SMILES string of the molecule is Cc1nc(-c2ccccc2)ccc1C(=O)N1CCC(C(C)N)CC1.Cl.Cl. The first-order chi connectivity index (χ1) is 11.6. The summed E-state index contributed by atoms with van der Waals surface area (Å²) in [6.07, 6.45) is 1.97. The lowest BCUT2D eigenvalue weighted by Crippen LogP contribution is -2.42. The molecule has 1 aromatic carbocycles. The monoisotopic (exact) mass is 395 g/mol. The number of nitrogens with zero attached hydrogens (tertiary/aromatic N) is 2. The highest BCUT2D eigenvalue weighted by Gasteiger charge is 2.26. The molecule has 3 rings (SSSR count). The first-order valence-electron chi connectivity index (χ1n) is 8.64. The van der Waals surface area contributed by atoms with Gasteiger partial charge in [0.1, 0.15) is 0 Å². The second kappa shape index (κ2) is 9.91. The molecule has 0 spiro atoms. The van der Waals surface area contributed by atoms with Gasteiger partial charge in [-0.25, -0.2) is 0 Å². The highest BCUT2D eigenvalue weighted by atomic mass is 35.5. The van der Waals surface area contributed by atoms with Crippen molar-refractivity contribution in [2.75, 3.05) is 13.1 Å². The number of aryl methyl sites for hydroxylation is 1. The molecule has 6 heteroatoms. The molecule has 1 atom stereocenters. The Morgan fingerprint density at radius 2 is 1.73 bits per heavy atom. The van der Waals surface area contributed by atoms with Gasteiger partial charge in [0.25, 0.3) is 5.91 Å². The Kier molecular flexibility index (Phi) is 8.54. The Morgan fingerprint density at radius 1 is 1.12 bits per heavy atom. The predicted octanol–water partition coefficient (Wildman–Crippen LogP) is 4.10. The molecule has 2 heterocycles. The second-order valence-corrected chi connectivity index (χ2v) is 6.68. The molecule has 0 saturated carbocycles. The predicted molar refractivity (Wildman–Crippen MR) is 111 cm³/mol. The van der Waals surface area contributed by atoms with Gasteiger partial charge in [0.2, 0.25) is 0 Å². The van der Waals surface area contributed by atoms with E-state index in [1.165, 1.54) is 0 Å². The van der Waals surface area contributed by atoms with Gasteiger partial charge in [-0.2, -0.15) is 0 Å². The van der Waals surface area contributed by atoms with E-state index in [9.17, 15) is 4.79 Å². The standard InChI is InChI=1S/C20H25N3O.2ClH/c1-14(21)16-10-12-23(13-11-16)20(24)18-8-9-19(22-15(18)2)17-6-4-3-5-7-17;;/h3-9,14,16H,10-13,21H2,1-2H3;2*1H. The van der Waals surface area contributed by atoms with Crippen molar-refractivity contribution in [3.05, 3.63) is 53.7 Å². The van der Waals surface area contributed by atoms with Crippen LogP contribution in [0.4, 0.5) is 0 Å². The fourth-order valence-electron chi connectivity index (χ4n) is 3.36. The molecule has 2 aromatic rings. The van der Waals surface area contributed by atoms with Gasteiger partial charge in [0, 0.05) is 24.7 Å². The van der Waals surface area contributed by atoms with Crippen LogP contribution in [0.2, 0.25) is 0 Å². The summed E-state index contributed by atoms with van der Waals surface area (Å²) in [4.78, 5) is 19.4. The fourth-order valence-corrected chi connectivity index (χ4v) is 3.36. The summed E-state index contributed by atoms with van der Waals surface area (Å²) in [6, 6.07) is 14.1. The maximum absolute atomic E-state index is 12.8. The average molecular weight is 396 g/mol. The van der Waals surface area contributed by atoms with Gasteiger partial charge in [0.15, 0.2) is 0 Å². The van der Waals surface area contributed by atoms with Crippen LogP contribution in [0.5, 0.6) is 0 Å². The number of carbonyl (C=O) groups excluding carboxylic acids is 1. The molecule has 1 aliphatic heterocycles. The quantitative estimate of drug-likeness (QED) is 0.850. The summed E-state index contributed by atoms with van der Waals surface area (Å²) < 4.78 is 0. The molecule has 142 valence electrons. The van der Waals surface area contributed by atoms with Crippen molar-refractivity contribution in [2.45, 2.75) is 32.7 Å². The van der Waals surface area contributed by atoms with E-state index in [1.54, 1.807) is 0 Å². The molecule has 0 aliphatic carbocycles. The fraction of sp³-hybridized carbons (Fsp3) is 0.400. The summed E-state index contributed by atoms with van der Waals surface area (Å²) >= 11 is 0. The van der Waals surface area contributed by atoms with Crippen molar-refractivity contribution in [1.82, 2.24) is 9.88 Å². The van der Waals surface area contributed by atoms with Crippen molar-refractivity contribution in [3.8, 4) is 11.3 Å². The minimum atomic E-state index is 0. The van der Waals surface area contributed by atoms with Gasteiger partial charge < -0.3 is 10.6 Å². The molecule has 4 nitrogen and oxygen atoms in total. The average Bonchev–Trinajstić information content (AvgIpc) is 2.62. The Morgan fingerprint density at radius 3 is 2.27 bits per heavy atom. The molecular formula is C20H27Cl2N3O. The molecule has 0 bridgehead atoms. The Hall–Kier alpha value is -1.62. The lowest BCUT2D eigenvalue weighted by molar-refractivity contribution is 0.0680. The van der Waals surface area contributed by atoms with Crippen molar-refractivity contribution in [3.63, 3.8) is 0 Å². The lowest BCUT2D eigenvalue weighted by Gasteiger charge is -2.34. The highest BCUT2D eigenvalue weighted by molar-refractivity contribution is 5.95. The van der Waals surface area contributed by atoms with Crippen molar-refractivity contribution in [2.24, 2.45) is 11.7 Å². The van der Waals surface area contributed by atoms with Crippen LogP contribution >= 0.6 is 24.8 Å². The lowest BCUT2D eigenvalue weighted by atomic mass is 9.90. The number of piperidine rings is 1. The van der Waals surface area contributed by atoms with Gasteiger partial charge in [-0.1, -0.05) is 30.3 Å². The van der Waals surface area contributed by atoms with Crippen molar-refractivity contribution >= 4 is 30.7 Å². The summed E-state index contributed by atoms with van der Waals surface area (Å²) in [7, 11) is 0. The van der Waals surface area contributed by atoms with Crippen LogP contribution in [0.25, 0.3) is 11.3 Å². The summed E-state index contributed by atoms with van der Waals surface area (Å²) in [5.41, 5.74) is 9.44. The Bertz CT molecular complexity index is 714. The number of benzene rings is 1. The van der Waals surface area contributed by atoms with E-state index in [1.807, 2.05) is 54.3 Å². The van der Waals surface area contributed by atoms with Crippen LogP contribution in [-0.2, 0) is 0 Å². The molecule has 1 amide bonds. The van der Waals surface area contributed by atoms with E-state index >= 15 is 0 Å². The number of hydrogen-bond donors (Lipinski definition) is 1. The molecule has 1 unspecified atom stereocenters. The number of aromatic nitrogens is 1. The number of nitrogens with two attached hydrogens (primary N) is 1. The Balaban J connectivity index is 0.00000169. The van der Waals surface area contributed by atoms with Crippen LogP contribution in [0.1, 0.15) is 35.8 Å². The maximum Gasteiger partial charge on any atom is 0.255 e. The smallest absolute Gasteiger partial charge is 0.255 e. The number of carbonyl (C=O) groups is 1. The highest BCUT2D eigenvalue weighted by Crippen LogP contribution is 2.23. The number of amides is 1. The van der Waals surface area contributed by atoms with E-state index in [0.29, 0.717) is 11.5 Å². The van der Waals surface area contributed by atoms with Gasteiger partial charge in [-0.3, -0.25) is 9.78 Å². The number of rotatable bonds is 3. The van der Waals surface area contributed by atoms with Crippen molar-refractivity contribution < 1.29 is 4.79 Å². The summed E-state index contributed by atoms with van der Waals surface area (Å²) in [5, 5.41) is 0. The van der Waals surface area contributed by atoms with Gasteiger partial charge in [-0.05, 0) is 44.7 Å². The van der Waals surface area contributed by atoms with Crippen molar-refractivity contribution in [1.29, 1.82) is 0 Å². The third kappa shape index (κ3) is 4.97. The number of hydrogen-bond acceptors (Lipinski definition) is 3. The minimum absolute atomic E-state index is 0. The van der Waals surface area contributed by atoms with E-state index in [2.05, 4.69) is 11.9 Å². The normalized spacial score (nSPS) is 15.6. The molecule has 1 aromatic heterocycles. The molecule has 1 fully saturated rings. The van der Waals surface area contributed by atoms with Crippen LogP contribution in [0, 0.1) is 12.8 Å². The zero-order valence-corrected chi connectivity index (χ0v) is 16.9. The van der Waals surface area contributed by atoms with Gasteiger partial charge in [0.05, 0.1) is 17.0 Å². The number of likely N-dealkylation sites (tertiary alicyclic amines) is 1. The molecule has 1 saturated heterocycles. The van der Waals surface area contributed by atoms with Gasteiger partial charge >= 0.3 is 0 Å². The third-order valence-electron chi connectivity index (χ3n) is 4.96. The zero-order valence-electron chi connectivity index (χ0n) is 15.2. The van der Waals surface area contributed by atoms with E-state index in [0.717, 1.165) is 42.9 Å². The molecule has 1 aliphatic rings.